The zero-order valence-electron chi connectivity index (χ0n) is 11.4. The fraction of sp³-hybridized carbons (Fsp3) is 0.0588. The van der Waals surface area contributed by atoms with E-state index in [1.165, 1.54) is 6.20 Å². The van der Waals surface area contributed by atoms with Gasteiger partial charge in [0.1, 0.15) is 0 Å². The van der Waals surface area contributed by atoms with E-state index in [-0.39, 0.29) is 18.2 Å². The molecule has 4 heteroatoms. The van der Waals surface area contributed by atoms with Crippen LogP contribution in [-0.2, 0) is 11.3 Å². The lowest BCUT2D eigenvalue weighted by Gasteiger charge is -2.05. The lowest BCUT2D eigenvalue weighted by molar-refractivity contribution is -0.684. The SMILES string of the molecule is O=C(C[n+]1cccc(O)c1)Nc1ccc2ccccc2c1. The van der Waals surface area contributed by atoms with Gasteiger partial charge in [-0.05, 0) is 29.0 Å². The smallest absolute Gasteiger partial charge is 0.290 e. The zero-order chi connectivity index (χ0) is 14.7. The number of aromatic hydroxyl groups is 1. The third-order valence-corrected chi connectivity index (χ3v) is 3.20. The van der Waals surface area contributed by atoms with Crippen LogP contribution in [0.1, 0.15) is 0 Å². The first-order valence-electron chi connectivity index (χ1n) is 6.67. The maximum absolute atomic E-state index is 12.0. The van der Waals surface area contributed by atoms with Crippen LogP contribution in [0.4, 0.5) is 5.69 Å². The van der Waals surface area contributed by atoms with E-state index in [0.29, 0.717) is 0 Å². The van der Waals surface area contributed by atoms with Crippen LogP contribution in [0.3, 0.4) is 0 Å². The molecule has 4 nitrogen and oxygen atoms in total. The Balaban J connectivity index is 1.74. The zero-order valence-corrected chi connectivity index (χ0v) is 11.4. The first-order chi connectivity index (χ1) is 10.2. The van der Waals surface area contributed by atoms with E-state index < -0.39 is 0 Å². The fourth-order valence-electron chi connectivity index (χ4n) is 2.24. The summed E-state index contributed by atoms with van der Waals surface area (Å²) in [5.74, 6) is -0.00288. The predicted octanol–water partition coefficient (Wildman–Crippen LogP) is 2.47. The van der Waals surface area contributed by atoms with Crippen molar-refractivity contribution in [2.24, 2.45) is 0 Å². The molecule has 104 valence electrons. The molecular weight excluding hydrogens is 264 g/mol. The third-order valence-electron chi connectivity index (χ3n) is 3.20. The van der Waals surface area contributed by atoms with Gasteiger partial charge in [-0.3, -0.25) is 4.79 Å². The van der Waals surface area contributed by atoms with Gasteiger partial charge in [0.2, 0.25) is 12.7 Å². The van der Waals surface area contributed by atoms with Gasteiger partial charge >= 0.3 is 0 Å². The average Bonchev–Trinajstić information content (AvgIpc) is 2.47. The number of carbonyl (C=O) groups excluding carboxylic acids is 1. The van der Waals surface area contributed by atoms with Crippen LogP contribution in [0.2, 0.25) is 0 Å². The molecule has 3 aromatic rings. The van der Waals surface area contributed by atoms with Crippen LogP contribution in [-0.4, -0.2) is 11.0 Å². The van der Waals surface area contributed by atoms with Gasteiger partial charge in [0.05, 0.1) is 0 Å². The van der Waals surface area contributed by atoms with Crippen LogP contribution in [0, 0.1) is 0 Å². The molecule has 21 heavy (non-hydrogen) atoms. The Hall–Kier alpha value is -2.88. The second-order valence-electron chi connectivity index (χ2n) is 4.84. The maximum Gasteiger partial charge on any atom is 0.290 e. The van der Waals surface area contributed by atoms with Crippen LogP contribution < -0.4 is 9.88 Å². The van der Waals surface area contributed by atoms with E-state index in [1.54, 1.807) is 22.9 Å². The molecule has 0 atom stereocenters. The van der Waals surface area contributed by atoms with Crippen LogP contribution in [0.15, 0.2) is 67.0 Å². The number of anilines is 1. The molecule has 1 amide bonds. The molecule has 2 N–H and O–H groups in total. The van der Waals surface area contributed by atoms with Crippen LogP contribution in [0.5, 0.6) is 5.75 Å². The van der Waals surface area contributed by atoms with Crippen LogP contribution >= 0.6 is 0 Å². The number of rotatable bonds is 3. The Morgan fingerprint density at radius 3 is 2.67 bits per heavy atom. The molecule has 0 saturated carbocycles. The van der Waals surface area contributed by atoms with Gasteiger partial charge < -0.3 is 10.4 Å². The van der Waals surface area contributed by atoms with E-state index in [4.69, 9.17) is 0 Å². The van der Waals surface area contributed by atoms with Crippen molar-refractivity contribution in [1.29, 1.82) is 0 Å². The predicted molar refractivity (Wildman–Crippen MR) is 80.9 cm³/mol. The Bertz CT molecular complexity index is 799. The van der Waals surface area contributed by atoms with E-state index in [2.05, 4.69) is 5.32 Å². The molecule has 1 heterocycles. The average molecular weight is 279 g/mol. The minimum Gasteiger partial charge on any atom is -0.503 e. The molecule has 0 spiro atoms. The first-order valence-corrected chi connectivity index (χ1v) is 6.67. The van der Waals surface area contributed by atoms with Gasteiger partial charge in [0.25, 0.3) is 5.91 Å². The Kier molecular flexibility index (Phi) is 3.51. The second-order valence-corrected chi connectivity index (χ2v) is 4.84. The number of nitrogens with zero attached hydrogens (tertiary/aromatic N) is 1. The molecule has 2 aromatic carbocycles. The van der Waals surface area contributed by atoms with Crippen molar-refractivity contribution in [2.75, 3.05) is 5.32 Å². The van der Waals surface area contributed by atoms with Crippen molar-refractivity contribution >= 4 is 22.4 Å². The highest BCUT2D eigenvalue weighted by Gasteiger charge is 2.10. The van der Waals surface area contributed by atoms with Crippen molar-refractivity contribution < 1.29 is 14.5 Å². The summed E-state index contributed by atoms with van der Waals surface area (Å²) in [7, 11) is 0. The first kappa shape index (κ1) is 13.1. The van der Waals surface area contributed by atoms with Crippen molar-refractivity contribution in [3.05, 3.63) is 67.0 Å². The van der Waals surface area contributed by atoms with Crippen molar-refractivity contribution in [3.8, 4) is 5.75 Å². The fourth-order valence-corrected chi connectivity index (χ4v) is 2.24. The third kappa shape index (κ3) is 3.17. The molecule has 0 radical (unpaired) electrons. The normalized spacial score (nSPS) is 10.5. The summed E-state index contributed by atoms with van der Waals surface area (Å²) in [6.45, 7) is 0.154. The van der Waals surface area contributed by atoms with Crippen LogP contribution in [0.25, 0.3) is 10.8 Å². The molecule has 0 aliphatic rings. The molecule has 1 aromatic heterocycles. The number of hydrogen-bond acceptors (Lipinski definition) is 2. The Morgan fingerprint density at radius 2 is 1.86 bits per heavy atom. The van der Waals surface area contributed by atoms with Crippen molar-refractivity contribution in [2.45, 2.75) is 6.54 Å². The highest BCUT2D eigenvalue weighted by atomic mass is 16.3. The molecule has 0 aliphatic carbocycles. The lowest BCUT2D eigenvalue weighted by atomic mass is 10.1. The van der Waals surface area contributed by atoms with Gasteiger partial charge in [-0.25, -0.2) is 0 Å². The number of carbonyl (C=O) groups is 1. The Morgan fingerprint density at radius 1 is 1.05 bits per heavy atom. The van der Waals surface area contributed by atoms with Gasteiger partial charge in [-0.15, -0.1) is 0 Å². The maximum atomic E-state index is 12.0. The summed E-state index contributed by atoms with van der Waals surface area (Å²) in [6.07, 6.45) is 3.25. The summed E-state index contributed by atoms with van der Waals surface area (Å²) < 4.78 is 1.63. The van der Waals surface area contributed by atoms with Gasteiger partial charge in [-0.2, -0.15) is 4.57 Å². The standard InChI is InChI=1S/C17H14N2O2/c20-16-6-3-9-19(11-16)12-17(21)18-15-8-7-13-4-1-2-5-14(13)10-15/h1-11H,12H2,(H-,18,20,21)/p+1. The summed E-state index contributed by atoms with van der Waals surface area (Å²) in [5.41, 5.74) is 0.763. The molecular formula is C17H15N2O2+. The van der Waals surface area contributed by atoms with E-state index >= 15 is 0 Å². The number of hydrogen-bond donors (Lipinski definition) is 2. The van der Waals surface area contributed by atoms with Gasteiger partial charge in [0, 0.05) is 11.8 Å². The molecule has 0 fully saturated rings. The minimum atomic E-state index is -0.138. The number of amides is 1. The summed E-state index contributed by atoms with van der Waals surface area (Å²) in [6, 6.07) is 17.1. The largest absolute Gasteiger partial charge is 0.503 e. The highest BCUT2D eigenvalue weighted by molar-refractivity contribution is 5.93. The molecule has 0 saturated heterocycles. The summed E-state index contributed by atoms with van der Waals surface area (Å²) in [4.78, 5) is 12.0. The Labute approximate surface area is 122 Å². The highest BCUT2D eigenvalue weighted by Crippen LogP contribution is 2.18. The van der Waals surface area contributed by atoms with E-state index in [9.17, 15) is 9.90 Å². The summed E-state index contributed by atoms with van der Waals surface area (Å²) >= 11 is 0. The monoisotopic (exact) mass is 279 g/mol. The van der Waals surface area contributed by atoms with Crippen molar-refractivity contribution in [3.63, 3.8) is 0 Å². The number of fused-ring (bicyclic) bond motifs is 1. The molecule has 0 bridgehead atoms. The molecule has 3 rings (SSSR count). The van der Waals surface area contributed by atoms with Crippen molar-refractivity contribution in [1.82, 2.24) is 0 Å². The number of pyridine rings is 1. The minimum absolute atomic E-state index is 0.135. The lowest BCUT2D eigenvalue weighted by Crippen LogP contribution is -2.39. The molecule has 0 aliphatic heterocycles. The topological polar surface area (TPSA) is 53.2 Å². The second kappa shape index (κ2) is 5.63. The molecule has 0 unspecified atom stereocenters. The van der Waals surface area contributed by atoms with E-state index in [1.807, 2.05) is 42.5 Å². The quantitative estimate of drug-likeness (QED) is 0.724. The number of aromatic nitrogens is 1. The van der Waals surface area contributed by atoms with E-state index in [0.717, 1.165) is 16.5 Å². The van der Waals surface area contributed by atoms with Gasteiger partial charge in [-0.1, -0.05) is 30.3 Å². The number of nitrogens with one attached hydrogen (secondary N) is 1. The summed E-state index contributed by atoms with van der Waals surface area (Å²) in [5, 5.41) is 14.5. The van der Waals surface area contributed by atoms with Gasteiger partial charge in [0.15, 0.2) is 11.9 Å². The number of benzene rings is 2.